The minimum absolute atomic E-state index is 0.277. The molecule has 4 aromatic rings. The largest absolute Gasteiger partial charge is 0.444 e. The molecular formula is C61H87N3O8Si2. The molecule has 0 N–H and O–H groups in total. The molecule has 0 saturated carbocycles. The number of ether oxygens (including phenoxy) is 3. The fourth-order valence-corrected chi connectivity index (χ4v) is 21.5. The van der Waals surface area contributed by atoms with Gasteiger partial charge in [-0.1, -0.05) is 163 Å². The Bertz CT molecular complexity index is 2260. The number of benzene rings is 4. The van der Waals surface area contributed by atoms with Crippen LogP contribution in [0, 0.1) is 0 Å². The number of hydrogen-bond donors (Lipinski definition) is 0. The van der Waals surface area contributed by atoms with E-state index in [1.165, 1.54) is 0 Å². The number of carbonyl (C=O) groups excluding carboxylic acids is 3. The molecule has 0 spiro atoms. The number of hydrogen-bond acceptors (Lipinski definition) is 8. The van der Waals surface area contributed by atoms with E-state index < -0.39 is 75.9 Å². The molecule has 3 amide bonds. The van der Waals surface area contributed by atoms with Crippen LogP contribution in [0.3, 0.4) is 0 Å². The molecule has 402 valence electrons. The summed E-state index contributed by atoms with van der Waals surface area (Å²) in [6, 6.07) is 39.8. The second kappa shape index (κ2) is 21.9. The van der Waals surface area contributed by atoms with E-state index in [9.17, 15) is 9.59 Å². The van der Waals surface area contributed by atoms with E-state index in [2.05, 4.69) is 139 Å². The van der Waals surface area contributed by atoms with Crippen molar-refractivity contribution in [2.24, 2.45) is 0 Å². The fourth-order valence-electron chi connectivity index (χ4n) is 12.3. The van der Waals surface area contributed by atoms with Crippen LogP contribution in [0.1, 0.15) is 142 Å². The Hall–Kier alpha value is -4.96. The minimum atomic E-state index is -3.00. The van der Waals surface area contributed by atoms with Crippen LogP contribution < -0.4 is 20.7 Å². The first-order valence-corrected chi connectivity index (χ1v) is 30.9. The summed E-state index contributed by atoms with van der Waals surface area (Å²) in [6.07, 6.45) is 2.43. The first-order chi connectivity index (χ1) is 34.6. The Morgan fingerprint density at radius 1 is 0.378 bits per heavy atom. The molecule has 3 fully saturated rings. The summed E-state index contributed by atoms with van der Waals surface area (Å²) in [5.41, 5.74) is -2.37. The van der Waals surface area contributed by atoms with Gasteiger partial charge in [0.1, 0.15) is 16.8 Å². The van der Waals surface area contributed by atoms with E-state index in [4.69, 9.17) is 23.1 Å². The molecule has 7 rings (SSSR count). The van der Waals surface area contributed by atoms with Crippen LogP contribution >= 0.6 is 0 Å². The SMILES string of the molecule is CC(C)(C)OC(=O)N1[C@H](CO[Si](c2ccccc2)(c2ccccc2)C(C)(C)C)CC[C@H]1[C@@H]1CC[C@@H]([C@@H]2CC[C@@H](CO[Si](c3ccccc3)(c3ccccc3)C(C)(C)C)N2C(=O)OC(C)(C)C)N1C(=O)OC(C)(C)C. The van der Waals surface area contributed by atoms with E-state index in [0.717, 1.165) is 20.7 Å². The molecule has 3 aliphatic rings. The highest BCUT2D eigenvalue weighted by Crippen LogP contribution is 2.45. The summed E-state index contributed by atoms with van der Waals surface area (Å²) in [4.78, 5) is 50.7. The van der Waals surface area contributed by atoms with Crippen LogP contribution in [-0.2, 0) is 23.1 Å². The molecule has 0 bridgehead atoms. The van der Waals surface area contributed by atoms with E-state index in [-0.39, 0.29) is 35.4 Å². The molecule has 3 saturated heterocycles. The minimum Gasteiger partial charge on any atom is -0.444 e. The van der Waals surface area contributed by atoms with Crippen molar-refractivity contribution in [1.29, 1.82) is 0 Å². The van der Waals surface area contributed by atoms with Crippen molar-refractivity contribution in [2.75, 3.05) is 13.2 Å². The first kappa shape index (κ1) is 56.8. The van der Waals surface area contributed by atoms with Crippen molar-refractivity contribution in [3.8, 4) is 0 Å². The maximum Gasteiger partial charge on any atom is 0.410 e. The average molecular weight is 1050 g/mol. The van der Waals surface area contributed by atoms with Crippen LogP contribution in [0.2, 0.25) is 10.1 Å². The van der Waals surface area contributed by atoms with Crippen molar-refractivity contribution < 1.29 is 37.4 Å². The lowest BCUT2D eigenvalue weighted by Gasteiger charge is -2.45. The van der Waals surface area contributed by atoms with Gasteiger partial charge in [0.15, 0.2) is 0 Å². The molecule has 0 unspecified atom stereocenters. The van der Waals surface area contributed by atoms with Crippen LogP contribution in [0.4, 0.5) is 14.4 Å². The normalized spacial score (nSPS) is 22.2. The maximum atomic E-state index is 15.1. The quantitative estimate of drug-likeness (QED) is 0.102. The lowest BCUT2D eigenvalue weighted by atomic mass is 10.0. The summed E-state index contributed by atoms with van der Waals surface area (Å²) in [5.74, 6) is 0. The van der Waals surface area contributed by atoms with Crippen molar-refractivity contribution in [3.63, 3.8) is 0 Å². The molecule has 3 heterocycles. The van der Waals surface area contributed by atoms with Crippen LogP contribution in [0.5, 0.6) is 0 Å². The van der Waals surface area contributed by atoms with Gasteiger partial charge in [-0.25, -0.2) is 14.4 Å². The zero-order valence-electron chi connectivity index (χ0n) is 47.3. The lowest BCUT2D eigenvalue weighted by Crippen LogP contribution is -2.67. The number of amides is 3. The van der Waals surface area contributed by atoms with Crippen molar-refractivity contribution in [2.45, 2.75) is 206 Å². The van der Waals surface area contributed by atoms with Gasteiger partial charge < -0.3 is 23.1 Å². The van der Waals surface area contributed by atoms with Crippen LogP contribution in [0.15, 0.2) is 121 Å². The highest BCUT2D eigenvalue weighted by atomic mass is 28.4. The van der Waals surface area contributed by atoms with Crippen LogP contribution in [-0.4, -0.2) is 116 Å². The summed E-state index contributed by atoms with van der Waals surface area (Å²) in [5, 5.41) is 4.09. The van der Waals surface area contributed by atoms with Crippen molar-refractivity contribution in [3.05, 3.63) is 121 Å². The summed E-state index contributed by atoms with van der Waals surface area (Å²) < 4.78 is 34.0. The van der Waals surface area contributed by atoms with Gasteiger partial charge in [-0.3, -0.25) is 14.7 Å². The van der Waals surface area contributed by atoms with Crippen molar-refractivity contribution in [1.82, 2.24) is 14.7 Å². The standard InChI is InChI=1S/C61H87N3O8Si2/c1-57(2,3)70-54(65)62-44(42-68-73(60(10,11)12,46-28-20-16-21-29-46)47-30-22-17-23-31-47)36-38-50(62)52-40-41-53(64(52)56(67)72-59(7,8)9)51-39-37-45(63(51)55(66)71-58(4,5)6)43-69-74(61(13,14)15,48-32-24-18-25-33-48)49-34-26-19-27-35-49/h16-35,44-45,50-53H,36-43H2,1-15H3/t44-,45-,50-,51-,52-,53-/m0/s1. The Kier molecular flexibility index (Phi) is 16.8. The van der Waals surface area contributed by atoms with Gasteiger partial charge in [-0.2, -0.15) is 0 Å². The summed E-state index contributed by atoms with van der Waals surface area (Å²) in [7, 11) is -6.00. The molecule has 74 heavy (non-hydrogen) atoms. The molecule has 0 aromatic heterocycles. The molecule has 4 aromatic carbocycles. The molecule has 6 atom stereocenters. The molecule has 0 radical (unpaired) electrons. The topological polar surface area (TPSA) is 107 Å². The van der Waals surface area contributed by atoms with Gasteiger partial charge in [-0.15, -0.1) is 0 Å². The average Bonchev–Trinajstić information content (AvgIpc) is 4.06. The Balaban J connectivity index is 1.26. The van der Waals surface area contributed by atoms with Gasteiger partial charge in [0, 0.05) is 0 Å². The zero-order chi connectivity index (χ0) is 54.1. The van der Waals surface area contributed by atoms with Gasteiger partial charge in [0.05, 0.1) is 49.5 Å². The highest BCUT2D eigenvalue weighted by molar-refractivity contribution is 7.00. The maximum absolute atomic E-state index is 15.1. The molecular weight excluding hydrogens is 959 g/mol. The molecule has 0 aliphatic carbocycles. The molecule has 11 nitrogen and oxygen atoms in total. The second-order valence-corrected chi connectivity index (χ2v) is 34.5. The predicted octanol–water partition coefficient (Wildman–Crippen LogP) is 11.4. The van der Waals surface area contributed by atoms with E-state index in [0.29, 0.717) is 38.5 Å². The number of carbonyl (C=O) groups is 3. The fraction of sp³-hybridized carbons (Fsp3) is 0.557. The Morgan fingerprint density at radius 2 is 0.608 bits per heavy atom. The Morgan fingerprint density at radius 3 is 0.851 bits per heavy atom. The Labute approximate surface area is 445 Å². The van der Waals surface area contributed by atoms with E-state index in [1.54, 1.807) is 0 Å². The third-order valence-electron chi connectivity index (χ3n) is 15.1. The smallest absolute Gasteiger partial charge is 0.410 e. The summed E-state index contributed by atoms with van der Waals surface area (Å²) in [6.45, 7) is 31.1. The van der Waals surface area contributed by atoms with Crippen molar-refractivity contribution >= 4 is 55.7 Å². The predicted molar refractivity (Wildman–Crippen MR) is 302 cm³/mol. The van der Waals surface area contributed by atoms with Gasteiger partial charge in [0.25, 0.3) is 16.6 Å². The second-order valence-electron chi connectivity index (χ2n) is 25.9. The van der Waals surface area contributed by atoms with Gasteiger partial charge >= 0.3 is 18.3 Å². The van der Waals surface area contributed by atoms with Gasteiger partial charge in [0.2, 0.25) is 0 Å². The van der Waals surface area contributed by atoms with E-state index >= 15 is 4.79 Å². The monoisotopic (exact) mass is 1050 g/mol. The molecule has 13 heteroatoms. The van der Waals surface area contributed by atoms with E-state index in [1.807, 2.05) is 101 Å². The van der Waals surface area contributed by atoms with Gasteiger partial charge in [-0.05, 0) is 132 Å². The summed E-state index contributed by atoms with van der Waals surface area (Å²) >= 11 is 0. The first-order valence-electron chi connectivity index (χ1n) is 27.1. The number of rotatable bonds is 12. The lowest BCUT2D eigenvalue weighted by molar-refractivity contribution is -0.0235. The number of likely N-dealkylation sites (tertiary alicyclic amines) is 3. The third-order valence-corrected chi connectivity index (χ3v) is 25.1. The van der Waals surface area contributed by atoms with Crippen LogP contribution in [0.25, 0.3) is 0 Å². The molecule has 3 aliphatic heterocycles. The highest BCUT2D eigenvalue weighted by Gasteiger charge is 2.57. The zero-order valence-corrected chi connectivity index (χ0v) is 49.3. The third kappa shape index (κ3) is 12.2. The number of nitrogens with zero attached hydrogens (tertiary/aromatic N) is 3.